The minimum atomic E-state index is -2.84. The van der Waals surface area contributed by atoms with Crippen molar-refractivity contribution in [3.8, 4) is 0 Å². The van der Waals surface area contributed by atoms with Gasteiger partial charge in [0, 0.05) is 59.4 Å². The van der Waals surface area contributed by atoms with Crippen LogP contribution in [-0.2, 0) is 9.84 Å². The Bertz CT molecular complexity index is 747. The number of guanidine groups is 1. The number of aliphatic imine (C=N–C) groups is 1. The number of amides is 1. The molecule has 1 amide bonds. The minimum Gasteiger partial charge on any atom is -0.459 e. The van der Waals surface area contributed by atoms with E-state index in [1.807, 2.05) is 0 Å². The van der Waals surface area contributed by atoms with E-state index in [1.165, 1.54) is 6.26 Å². The van der Waals surface area contributed by atoms with Crippen molar-refractivity contribution in [1.82, 2.24) is 20.0 Å². The molecule has 28 heavy (non-hydrogen) atoms. The molecule has 0 bridgehead atoms. The van der Waals surface area contributed by atoms with Gasteiger partial charge in [0.2, 0.25) is 0 Å². The number of carbonyl (C=O) groups is 1. The molecule has 0 atom stereocenters. The number of nitrogens with one attached hydrogen (secondary N) is 1. The summed E-state index contributed by atoms with van der Waals surface area (Å²) in [6.45, 7) is 5.31. The van der Waals surface area contributed by atoms with Crippen molar-refractivity contribution < 1.29 is 17.6 Å². The highest BCUT2D eigenvalue weighted by molar-refractivity contribution is 14.0. The van der Waals surface area contributed by atoms with E-state index >= 15 is 0 Å². The van der Waals surface area contributed by atoms with E-state index in [-0.39, 0.29) is 41.4 Å². The van der Waals surface area contributed by atoms with Gasteiger partial charge < -0.3 is 19.5 Å². The van der Waals surface area contributed by atoms with E-state index in [9.17, 15) is 13.2 Å². The fraction of sp³-hybridized carbons (Fsp3) is 0.647. The van der Waals surface area contributed by atoms with Crippen molar-refractivity contribution in [3.05, 3.63) is 24.2 Å². The zero-order valence-corrected chi connectivity index (χ0v) is 19.2. The van der Waals surface area contributed by atoms with Gasteiger partial charge in [-0.25, -0.2) is 8.42 Å². The molecule has 0 aliphatic carbocycles. The number of nitrogens with zero attached hydrogens (tertiary/aromatic N) is 4. The molecule has 0 radical (unpaired) electrons. The number of rotatable bonds is 4. The third kappa shape index (κ3) is 6.08. The van der Waals surface area contributed by atoms with E-state index in [1.54, 1.807) is 24.1 Å². The van der Waals surface area contributed by atoms with Crippen molar-refractivity contribution in [2.24, 2.45) is 4.99 Å². The minimum absolute atomic E-state index is 0. The van der Waals surface area contributed by atoms with Gasteiger partial charge in [0.1, 0.15) is 0 Å². The van der Waals surface area contributed by atoms with Crippen molar-refractivity contribution in [2.45, 2.75) is 0 Å². The summed E-state index contributed by atoms with van der Waals surface area (Å²) in [5, 5.41) is 3.34. The Morgan fingerprint density at radius 1 is 1.14 bits per heavy atom. The van der Waals surface area contributed by atoms with Crippen LogP contribution in [0.5, 0.6) is 0 Å². The molecule has 2 aliphatic rings. The molecule has 0 unspecified atom stereocenters. The first-order valence-corrected chi connectivity index (χ1v) is 11.0. The van der Waals surface area contributed by atoms with Crippen LogP contribution < -0.4 is 5.32 Å². The van der Waals surface area contributed by atoms with Gasteiger partial charge in [0.15, 0.2) is 21.6 Å². The number of carbonyl (C=O) groups excluding carboxylic acids is 1. The maximum absolute atomic E-state index is 12.3. The standard InChI is InChI=1S/C17H27N5O4S.HI/c1-18-17(19-4-5-20-10-13-27(24,25)14-11-20)22-8-6-21(7-9-22)16(23)15-3-2-12-26-15;/h2-3,12H,4-11,13-14H2,1H3,(H,18,19);1H. The molecule has 158 valence electrons. The number of halogens is 1. The predicted octanol–water partition coefficient (Wildman–Crippen LogP) is -0.0388. The van der Waals surface area contributed by atoms with Crippen LogP contribution in [0.1, 0.15) is 10.6 Å². The molecule has 9 nitrogen and oxygen atoms in total. The van der Waals surface area contributed by atoms with Crippen molar-refractivity contribution >= 4 is 45.7 Å². The Morgan fingerprint density at radius 3 is 2.36 bits per heavy atom. The first kappa shape index (κ1) is 22.9. The zero-order valence-electron chi connectivity index (χ0n) is 16.0. The van der Waals surface area contributed by atoms with Crippen LogP contribution in [0.15, 0.2) is 27.8 Å². The summed E-state index contributed by atoms with van der Waals surface area (Å²) in [7, 11) is -1.09. The Hall–Kier alpha value is -1.34. The average molecular weight is 525 g/mol. The Balaban J connectivity index is 0.00000280. The molecule has 3 rings (SSSR count). The second-order valence-corrected chi connectivity index (χ2v) is 9.03. The van der Waals surface area contributed by atoms with Gasteiger partial charge >= 0.3 is 0 Å². The highest BCUT2D eigenvalue weighted by Crippen LogP contribution is 2.09. The van der Waals surface area contributed by atoms with Gasteiger partial charge in [-0.15, -0.1) is 24.0 Å². The van der Waals surface area contributed by atoms with Crippen LogP contribution in [0, 0.1) is 0 Å². The predicted molar refractivity (Wildman–Crippen MR) is 118 cm³/mol. The van der Waals surface area contributed by atoms with Gasteiger partial charge in [0.25, 0.3) is 5.91 Å². The second kappa shape index (κ2) is 10.4. The summed E-state index contributed by atoms with van der Waals surface area (Å²) in [5.74, 6) is 1.59. The highest BCUT2D eigenvalue weighted by atomic mass is 127. The third-order valence-electron chi connectivity index (χ3n) is 4.96. The van der Waals surface area contributed by atoms with E-state index in [2.05, 4.69) is 20.1 Å². The highest BCUT2D eigenvalue weighted by Gasteiger charge is 2.25. The van der Waals surface area contributed by atoms with Crippen LogP contribution in [-0.4, -0.2) is 106 Å². The molecule has 0 saturated carbocycles. The summed E-state index contributed by atoms with van der Waals surface area (Å²) in [5.41, 5.74) is 0. The Kier molecular flexibility index (Phi) is 8.56. The molecule has 0 aromatic carbocycles. The monoisotopic (exact) mass is 525 g/mol. The second-order valence-electron chi connectivity index (χ2n) is 6.72. The number of hydrogen-bond acceptors (Lipinski definition) is 6. The van der Waals surface area contributed by atoms with Crippen LogP contribution in [0.4, 0.5) is 0 Å². The van der Waals surface area contributed by atoms with Gasteiger partial charge in [-0.1, -0.05) is 0 Å². The van der Waals surface area contributed by atoms with Crippen molar-refractivity contribution in [3.63, 3.8) is 0 Å². The topological polar surface area (TPSA) is 98.5 Å². The lowest BCUT2D eigenvalue weighted by Crippen LogP contribution is -2.54. The quantitative estimate of drug-likeness (QED) is 0.335. The van der Waals surface area contributed by atoms with Crippen LogP contribution in [0.2, 0.25) is 0 Å². The fourth-order valence-electron chi connectivity index (χ4n) is 3.31. The van der Waals surface area contributed by atoms with Crippen LogP contribution >= 0.6 is 24.0 Å². The molecule has 1 aromatic heterocycles. The molecular formula is C17H28IN5O4S. The zero-order chi connectivity index (χ0) is 19.3. The lowest BCUT2D eigenvalue weighted by Gasteiger charge is -2.36. The molecular weight excluding hydrogens is 497 g/mol. The summed E-state index contributed by atoms with van der Waals surface area (Å²) in [4.78, 5) is 22.7. The number of piperazine rings is 1. The maximum atomic E-state index is 12.3. The smallest absolute Gasteiger partial charge is 0.289 e. The van der Waals surface area contributed by atoms with Crippen LogP contribution in [0.3, 0.4) is 0 Å². The lowest BCUT2D eigenvalue weighted by atomic mass is 10.3. The molecule has 1 N–H and O–H groups in total. The first-order valence-electron chi connectivity index (χ1n) is 9.20. The maximum Gasteiger partial charge on any atom is 0.289 e. The summed E-state index contributed by atoms with van der Waals surface area (Å²) < 4.78 is 28.1. The van der Waals surface area contributed by atoms with E-state index in [0.29, 0.717) is 51.6 Å². The molecule has 1 aromatic rings. The first-order chi connectivity index (χ1) is 13.0. The molecule has 2 aliphatic heterocycles. The molecule has 3 heterocycles. The molecule has 11 heteroatoms. The normalized spacial score (nSPS) is 20.5. The lowest BCUT2D eigenvalue weighted by molar-refractivity contribution is 0.0657. The van der Waals surface area contributed by atoms with Crippen LogP contribution in [0.25, 0.3) is 0 Å². The molecule has 2 saturated heterocycles. The van der Waals surface area contributed by atoms with Gasteiger partial charge in [-0.3, -0.25) is 14.7 Å². The summed E-state index contributed by atoms with van der Waals surface area (Å²) in [6, 6.07) is 3.40. The van der Waals surface area contributed by atoms with Crippen molar-refractivity contribution in [2.75, 3.05) is 70.9 Å². The Labute approximate surface area is 183 Å². The molecule has 2 fully saturated rings. The fourth-order valence-corrected chi connectivity index (χ4v) is 4.59. The Morgan fingerprint density at radius 2 is 1.79 bits per heavy atom. The van der Waals surface area contributed by atoms with Gasteiger partial charge in [0.05, 0.1) is 17.8 Å². The number of furan rings is 1. The molecule has 0 spiro atoms. The third-order valence-corrected chi connectivity index (χ3v) is 6.57. The average Bonchev–Trinajstić information content (AvgIpc) is 3.21. The van der Waals surface area contributed by atoms with Crippen molar-refractivity contribution in [1.29, 1.82) is 0 Å². The van der Waals surface area contributed by atoms with Gasteiger partial charge in [-0.05, 0) is 12.1 Å². The largest absolute Gasteiger partial charge is 0.459 e. The number of hydrogen-bond donors (Lipinski definition) is 1. The van der Waals surface area contributed by atoms with Gasteiger partial charge in [-0.2, -0.15) is 0 Å². The SMILES string of the molecule is CN=C(NCCN1CCS(=O)(=O)CC1)N1CCN(C(=O)c2ccco2)CC1.I. The summed E-state index contributed by atoms with van der Waals surface area (Å²) in [6.07, 6.45) is 1.51. The summed E-state index contributed by atoms with van der Waals surface area (Å²) >= 11 is 0. The number of sulfone groups is 1. The van der Waals surface area contributed by atoms with E-state index in [0.717, 1.165) is 12.5 Å². The van der Waals surface area contributed by atoms with E-state index < -0.39 is 9.84 Å². The van der Waals surface area contributed by atoms with E-state index in [4.69, 9.17) is 4.42 Å².